The van der Waals surface area contributed by atoms with Crippen molar-refractivity contribution in [3.05, 3.63) is 54.1 Å². The number of ether oxygens (including phenoxy) is 1. The summed E-state index contributed by atoms with van der Waals surface area (Å²) in [7, 11) is -0.845. The average Bonchev–Trinajstić information content (AvgIpc) is 2.54. The molecule has 0 atom stereocenters. The molecule has 9 heteroatoms. The maximum Gasteiger partial charge on any atom is 0.262 e. The van der Waals surface area contributed by atoms with Gasteiger partial charge in [-0.25, -0.2) is 21.5 Å². The van der Waals surface area contributed by atoms with Crippen LogP contribution in [0.5, 0.6) is 5.75 Å². The van der Waals surface area contributed by atoms with E-state index >= 15 is 0 Å². The van der Waals surface area contributed by atoms with E-state index in [9.17, 15) is 22.0 Å². The van der Waals surface area contributed by atoms with E-state index in [1.54, 1.807) is 0 Å². The first-order valence-corrected chi connectivity index (χ1v) is 8.54. The molecule has 0 spiro atoms. The Kier molecular flexibility index (Phi) is 5.70. The van der Waals surface area contributed by atoms with Crippen molar-refractivity contribution in [3.8, 4) is 5.75 Å². The summed E-state index contributed by atoms with van der Waals surface area (Å²) in [6.07, 6.45) is 0. The molecule has 0 saturated carbocycles. The summed E-state index contributed by atoms with van der Waals surface area (Å²) in [5, 5.41) is 2.45. The second-order valence-electron chi connectivity index (χ2n) is 5.23. The Hall–Kier alpha value is -2.52. The molecule has 0 aliphatic rings. The number of halogens is 2. The minimum absolute atomic E-state index is 0.0146. The minimum atomic E-state index is -3.63. The highest BCUT2D eigenvalue weighted by Crippen LogP contribution is 2.19. The number of benzene rings is 2. The highest BCUT2D eigenvalue weighted by molar-refractivity contribution is 7.89. The SMILES string of the molecule is CN(C)S(=O)(=O)c1cccc(NC(=O)COc2ccc(F)cc2F)c1. The minimum Gasteiger partial charge on any atom is -0.481 e. The Bertz CT molecular complexity index is 885. The number of hydrogen-bond acceptors (Lipinski definition) is 4. The Morgan fingerprint density at radius 1 is 1.16 bits per heavy atom. The van der Waals surface area contributed by atoms with Gasteiger partial charge in [-0.3, -0.25) is 4.79 Å². The largest absolute Gasteiger partial charge is 0.481 e. The fourth-order valence-corrected chi connectivity index (χ4v) is 2.83. The van der Waals surface area contributed by atoms with Crippen molar-refractivity contribution < 1.29 is 26.7 Å². The summed E-state index contributed by atoms with van der Waals surface area (Å²) in [5.41, 5.74) is 0.246. The average molecular weight is 370 g/mol. The normalized spacial score (nSPS) is 11.4. The monoisotopic (exact) mass is 370 g/mol. The Labute approximate surface area is 144 Å². The number of anilines is 1. The van der Waals surface area contributed by atoms with E-state index in [1.165, 1.54) is 38.4 Å². The molecule has 0 bridgehead atoms. The molecule has 2 aromatic rings. The van der Waals surface area contributed by atoms with Crippen molar-refractivity contribution in [1.82, 2.24) is 4.31 Å². The van der Waals surface area contributed by atoms with Gasteiger partial charge in [0.1, 0.15) is 5.82 Å². The van der Waals surface area contributed by atoms with Crippen LogP contribution in [0.25, 0.3) is 0 Å². The third kappa shape index (κ3) is 4.74. The van der Waals surface area contributed by atoms with Crippen LogP contribution in [0.1, 0.15) is 0 Å². The number of amides is 1. The fraction of sp³-hybridized carbons (Fsp3) is 0.188. The van der Waals surface area contributed by atoms with Gasteiger partial charge >= 0.3 is 0 Å². The number of sulfonamides is 1. The first-order valence-electron chi connectivity index (χ1n) is 7.10. The zero-order valence-corrected chi connectivity index (χ0v) is 14.3. The van der Waals surface area contributed by atoms with E-state index in [-0.39, 0.29) is 16.3 Å². The molecule has 0 fully saturated rings. The van der Waals surface area contributed by atoms with Gasteiger partial charge in [-0.05, 0) is 30.3 Å². The second kappa shape index (κ2) is 7.58. The second-order valence-corrected chi connectivity index (χ2v) is 7.38. The number of carbonyl (C=O) groups is 1. The van der Waals surface area contributed by atoms with Crippen LogP contribution in [-0.2, 0) is 14.8 Å². The van der Waals surface area contributed by atoms with Gasteiger partial charge in [0.2, 0.25) is 10.0 Å². The van der Waals surface area contributed by atoms with E-state index in [4.69, 9.17) is 4.74 Å². The van der Waals surface area contributed by atoms with E-state index < -0.39 is 34.2 Å². The highest BCUT2D eigenvalue weighted by atomic mass is 32.2. The van der Waals surface area contributed by atoms with Crippen LogP contribution in [0.2, 0.25) is 0 Å². The molecule has 25 heavy (non-hydrogen) atoms. The summed E-state index contributed by atoms with van der Waals surface area (Å²) in [6, 6.07) is 8.40. The maximum atomic E-state index is 13.4. The number of rotatable bonds is 6. The topological polar surface area (TPSA) is 75.7 Å². The van der Waals surface area contributed by atoms with Crippen LogP contribution in [0.3, 0.4) is 0 Å². The third-order valence-corrected chi connectivity index (χ3v) is 4.96. The van der Waals surface area contributed by atoms with Crippen LogP contribution in [0.4, 0.5) is 14.5 Å². The summed E-state index contributed by atoms with van der Waals surface area (Å²) in [6.45, 7) is -0.521. The third-order valence-electron chi connectivity index (χ3n) is 3.15. The molecule has 1 amide bonds. The smallest absolute Gasteiger partial charge is 0.262 e. The number of hydrogen-bond donors (Lipinski definition) is 1. The van der Waals surface area contributed by atoms with Crippen LogP contribution in [-0.4, -0.2) is 39.3 Å². The van der Waals surface area contributed by atoms with Crippen molar-refractivity contribution in [2.24, 2.45) is 0 Å². The number of nitrogens with zero attached hydrogens (tertiary/aromatic N) is 1. The van der Waals surface area contributed by atoms with Crippen molar-refractivity contribution in [2.75, 3.05) is 26.0 Å². The first kappa shape index (κ1) is 18.8. The molecule has 2 aromatic carbocycles. The van der Waals surface area contributed by atoms with Crippen LogP contribution in [0, 0.1) is 11.6 Å². The lowest BCUT2D eigenvalue weighted by atomic mass is 10.3. The van der Waals surface area contributed by atoms with Gasteiger partial charge < -0.3 is 10.1 Å². The number of carbonyl (C=O) groups excluding carboxylic acids is 1. The maximum absolute atomic E-state index is 13.4. The first-order chi connectivity index (χ1) is 11.7. The van der Waals surface area contributed by atoms with Crippen molar-refractivity contribution in [1.29, 1.82) is 0 Å². The summed E-state index contributed by atoms with van der Waals surface area (Å²) in [4.78, 5) is 11.9. The molecule has 0 unspecified atom stereocenters. The Morgan fingerprint density at radius 3 is 2.52 bits per heavy atom. The van der Waals surface area contributed by atoms with Gasteiger partial charge in [0, 0.05) is 25.8 Å². The van der Waals surface area contributed by atoms with Crippen LogP contribution in [0.15, 0.2) is 47.4 Å². The van der Waals surface area contributed by atoms with Gasteiger partial charge in [0.15, 0.2) is 18.2 Å². The van der Waals surface area contributed by atoms with E-state index in [0.717, 1.165) is 16.4 Å². The lowest BCUT2D eigenvalue weighted by Crippen LogP contribution is -2.23. The Balaban J connectivity index is 2.03. The van der Waals surface area contributed by atoms with E-state index in [0.29, 0.717) is 6.07 Å². The molecular weight excluding hydrogens is 354 g/mol. The van der Waals surface area contributed by atoms with Crippen molar-refractivity contribution in [2.45, 2.75) is 4.90 Å². The zero-order valence-electron chi connectivity index (χ0n) is 13.5. The molecule has 0 aliphatic carbocycles. The summed E-state index contributed by atoms with van der Waals surface area (Å²) < 4.78 is 56.4. The summed E-state index contributed by atoms with van der Waals surface area (Å²) in [5.74, 6) is -2.57. The lowest BCUT2D eigenvalue weighted by Gasteiger charge is -2.13. The predicted octanol–water partition coefficient (Wildman–Crippen LogP) is 2.23. The molecular formula is C16H16F2N2O4S. The molecule has 0 radical (unpaired) electrons. The Morgan fingerprint density at radius 2 is 1.88 bits per heavy atom. The lowest BCUT2D eigenvalue weighted by molar-refractivity contribution is -0.118. The fourth-order valence-electron chi connectivity index (χ4n) is 1.88. The van der Waals surface area contributed by atoms with Crippen molar-refractivity contribution >= 4 is 21.6 Å². The van der Waals surface area contributed by atoms with E-state index in [2.05, 4.69) is 5.32 Å². The highest BCUT2D eigenvalue weighted by Gasteiger charge is 2.17. The molecule has 0 aromatic heterocycles. The molecule has 0 aliphatic heterocycles. The van der Waals surface area contributed by atoms with Gasteiger partial charge in [-0.1, -0.05) is 6.07 Å². The standard InChI is InChI=1S/C16H16F2N2O4S/c1-20(2)25(22,23)13-5-3-4-12(9-13)19-16(21)10-24-15-7-6-11(17)8-14(15)18/h3-9H,10H2,1-2H3,(H,19,21). The van der Waals surface area contributed by atoms with E-state index in [1.807, 2.05) is 0 Å². The summed E-state index contributed by atoms with van der Waals surface area (Å²) >= 11 is 0. The van der Waals surface area contributed by atoms with Gasteiger partial charge in [0.25, 0.3) is 5.91 Å². The quantitative estimate of drug-likeness (QED) is 0.846. The zero-order chi connectivity index (χ0) is 18.6. The van der Waals surface area contributed by atoms with Crippen LogP contribution >= 0.6 is 0 Å². The van der Waals surface area contributed by atoms with Gasteiger partial charge in [0.05, 0.1) is 4.90 Å². The molecule has 6 nitrogen and oxygen atoms in total. The van der Waals surface area contributed by atoms with Gasteiger partial charge in [-0.15, -0.1) is 0 Å². The van der Waals surface area contributed by atoms with Crippen LogP contribution < -0.4 is 10.1 Å². The number of nitrogens with one attached hydrogen (secondary N) is 1. The molecule has 134 valence electrons. The van der Waals surface area contributed by atoms with Gasteiger partial charge in [-0.2, -0.15) is 0 Å². The molecule has 0 heterocycles. The predicted molar refractivity (Wildman–Crippen MR) is 87.8 cm³/mol. The molecule has 0 saturated heterocycles. The molecule has 1 N–H and O–H groups in total. The molecule has 2 rings (SSSR count). The van der Waals surface area contributed by atoms with Crippen molar-refractivity contribution in [3.63, 3.8) is 0 Å².